The predicted octanol–water partition coefficient (Wildman–Crippen LogP) is -0.362. The second-order valence-corrected chi connectivity index (χ2v) is 1.87. The molecular weight excluding hydrogens is 134 g/mol. The first-order valence-corrected chi connectivity index (χ1v) is 3.12. The number of aldehydes is 1. The smallest absolute Gasteiger partial charge is 0.320 e. The van der Waals surface area contributed by atoms with Gasteiger partial charge >= 0.3 is 5.97 Å². The highest BCUT2D eigenvalue weighted by Crippen LogP contribution is 1.88. The highest BCUT2D eigenvalue weighted by Gasteiger charge is 2.12. The van der Waals surface area contributed by atoms with E-state index in [-0.39, 0.29) is 6.54 Å². The van der Waals surface area contributed by atoms with Gasteiger partial charge in [-0.15, -0.1) is 0 Å². The van der Waals surface area contributed by atoms with Gasteiger partial charge in [0.25, 0.3) is 0 Å². The van der Waals surface area contributed by atoms with E-state index in [0.29, 0.717) is 12.7 Å². The van der Waals surface area contributed by atoms with E-state index in [1.807, 2.05) is 0 Å². The number of carbonyl (C=O) groups is 2. The van der Waals surface area contributed by atoms with Crippen LogP contribution in [0.1, 0.15) is 13.3 Å². The maximum Gasteiger partial charge on any atom is 0.320 e. The first-order valence-electron chi connectivity index (χ1n) is 3.12. The Balaban J connectivity index is 3.60. The molecule has 1 unspecified atom stereocenters. The molecule has 0 aliphatic carbocycles. The molecule has 0 aliphatic heterocycles. The third-order valence-corrected chi connectivity index (χ3v) is 1.15. The highest BCUT2D eigenvalue weighted by molar-refractivity contribution is 5.73. The minimum Gasteiger partial charge on any atom is -0.480 e. The zero-order valence-corrected chi connectivity index (χ0v) is 5.83. The monoisotopic (exact) mass is 145 g/mol. The van der Waals surface area contributed by atoms with Crippen molar-refractivity contribution in [2.75, 3.05) is 6.54 Å². The predicted molar refractivity (Wildman–Crippen MR) is 35.8 cm³/mol. The van der Waals surface area contributed by atoms with E-state index in [4.69, 9.17) is 5.11 Å². The summed E-state index contributed by atoms with van der Waals surface area (Å²) in [5.41, 5.74) is 0. The summed E-state index contributed by atoms with van der Waals surface area (Å²) in [5, 5.41) is 11.0. The minimum absolute atomic E-state index is 0.102. The molecule has 0 rings (SSSR count). The van der Waals surface area contributed by atoms with Crippen molar-refractivity contribution in [1.29, 1.82) is 0 Å². The largest absolute Gasteiger partial charge is 0.480 e. The summed E-state index contributed by atoms with van der Waals surface area (Å²) in [6.07, 6.45) is 1.13. The zero-order chi connectivity index (χ0) is 7.98. The summed E-state index contributed by atoms with van der Waals surface area (Å²) < 4.78 is 0. The van der Waals surface area contributed by atoms with Crippen molar-refractivity contribution in [3.05, 3.63) is 0 Å². The molecule has 2 N–H and O–H groups in total. The number of aliphatic carboxylic acids is 1. The zero-order valence-electron chi connectivity index (χ0n) is 5.83. The van der Waals surface area contributed by atoms with Crippen molar-refractivity contribution in [2.24, 2.45) is 0 Å². The minimum atomic E-state index is -0.913. The third kappa shape index (κ3) is 3.19. The highest BCUT2D eigenvalue weighted by atomic mass is 16.4. The van der Waals surface area contributed by atoms with Gasteiger partial charge in [0, 0.05) is 0 Å². The number of hydrogen-bond donors (Lipinski definition) is 2. The Morgan fingerprint density at radius 3 is 2.70 bits per heavy atom. The topological polar surface area (TPSA) is 66.4 Å². The average Bonchev–Trinajstić information content (AvgIpc) is 1.89. The second kappa shape index (κ2) is 4.93. The average molecular weight is 145 g/mol. The first-order chi connectivity index (χ1) is 4.72. The van der Waals surface area contributed by atoms with Crippen molar-refractivity contribution in [2.45, 2.75) is 19.4 Å². The van der Waals surface area contributed by atoms with Crippen LogP contribution >= 0.6 is 0 Å². The summed E-state index contributed by atoms with van der Waals surface area (Å²) in [7, 11) is 0. The van der Waals surface area contributed by atoms with Gasteiger partial charge in [0.05, 0.1) is 6.54 Å². The van der Waals surface area contributed by atoms with Gasteiger partial charge in [-0.1, -0.05) is 6.92 Å². The number of hydrogen-bond acceptors (Lipinski definition) is 3. The molecule has 0 saturated carbocycles. The summed E-state index contributed by atoms with van der Waals surface area (Å²) in [6, 6.07) is -0.592. The lowest BCUT2D eigenvalue weighted by Crippen LogP contribution is -2.36. The van der Waals surface area contributed by atoms with Crippen LogP contribution in [0.4, 0.5) is 0 Å². The van der Waals surface area contributed by atoms with Gasteiger partial charge < -0.3 is 9.90 Å². The van der Waals surface area contributed by atoms with Crippen LogP contribution in [0, 0.1) is 0 Å². The fourth-order valence-electron chi connectivity index (χ4n) is 0.597. The van der Waals surface area contributed by atoms with E-state index < -0.39 is 12.0 Å². The van der Waals surface area contributed by atoms with E-state index in [9.17, 15) is 9.59 Å². The van der Waals surface area contributed by atoms with Crippen molar-refractivity contribution in [3.63, 3.8) is 0 Å². The SMILES string of the molecule is CCC(NCC=O)C(=O)O. The van der Waals surface area contributed by atoms with Crippen LogP contribution in [-0.2, 0) is 9.59 Å². The molecule has 0 heterocycles. The first kappa shape index (κ1) is 9.10. The molecule has 0 aliphatic rings. The Morgan fingerprint density at radius 2 is 2.40 bits per heavy atom. The number of carboxylic acid groups (broad SMARTS) is 1. The molecule has 0 fully saturated rings. The second-order valence-electron chi connectivity index (χ2n) is 1.87. The molecule has 0 aromatic rings. The fraction of sp³-hybridized carbons (Fsp3) is 0.667. The normalized spacial score (nSPS) is 12.5. The third-order valence-electron chi connectivity index (χ3n) is 1.15. The Labute approximate surface area is 59.2 Å². The summed E-state index contributed by atoms with van der Waals surface area (Å²) in [6.45, 7) is 1.85. The number of nitrogens with one attached hydrogen (secondary N) is 1. The van der Waals surface area contributed by atoms with Crippen molar-refractivity contribution < 1.29 is 14.7 Å². The van der Waals surface area contributed by atoms with Crippen LogP contribution in [0.3, 0.4) is 0 Å². The van der Waals surface area contributed by atoms with E-state index in [1.54, 1.807) is 6.92 Å². The molecule has 0 amide bonds. The van der Waals surface area contributed by atoms with Gasteiger partial charge in [-0.2, -0.15) is 0 Å². The molecule has 1 atom stereocenters. The van der Waals surface area contributed by atoms with E-state index in [1.165, 1.54) is 0 Å². The number of carbonyl (C=O) groups excluding carboxylic acids is 1. The van der Waals surface area contributed by atoms with Crippen LogP contribution in [0.5, 0.6) is 0 Å². The van der Waals surface area contributed by atoms with Crippen LogP contribution in [0.25, 0.3) is 0 Å². The van der Waals surface area contributed by atoms with Gasteiger partial charge in [-0.05, 0) is 6.42 Å². The molecular formula is C6H11NO3. The van der Waals surface area contributed by atoms with Crippen LogP contribution in [0.2, 0.25) is 0 Å². The molecule has 0 radical (unpaired) electrons. The fourth-order valence-corrected chi connectivity index (χ4v) is 0.597. The summed E-state index contributed by atoms with van der Waals surface area (Å²) >= 11 is 0. The molecule has 58 valence electrons. The summed E-state index contributed by atoms with van der Waals surface area (Å²) in [5.74, 6) is -0.913. The van der Waals surface area contributed by atoms with Crippen molar-refractivity contribution in [3.8, 4) is 0 Å². The molecule has 0 bridgehead atoms. The Morgan fingerprint density at radius 1 is 1.80 bits per heavy atom. The molecule has 10 heavy (non-hydrogen) atoms. The molecule has 0 spiro atoms. The lowest BCUT2D eigenvalue weighted by Gasteiger charge is -2.07. The Hall–Kier alpha value is -0.900. The van der Waals surface area contributed by atoms with Crippen molar-refractivity contribution in [1.82, 2.24) is 5.32 Å². The molecule has 0 aromatic carbocycles. The molecule has 0 saturated heterocycles. The Kier molecular flexibility index (Phi) is 4.49. The van der Waals surface area contributed by atoms with Gasteiger partial charge in [-0.3, -0.25) is 10.1 Å². The number of rotatable bonds is 5. The molecule has 4 nitrogen and oxygen atoms in total. The Bertz CT molecular complexity index is 124. The van der Waals surface area contributed by atoms with Gasteiger partial charge in [0.1, 0.15) is 12.3 Å². The van der Waals surface area contributed by atoms with Crippen molar-refractivity contribution >= 4 is 12.3 Å². The standard InChI is InChI=1S/C6H11NO3/c1-2-5(6(9)10)7-3-4-8/h4-5,7H,2-3H2,1H3,(H,9,10). The van der Waals surface area contributed by atoms with Gasteiger partial charge in [0.15, 0.2) is 0 Å². The summed E-state index contributed by atoms with van der Waals surface area (Å²) in [4.78, 5) is 20.1. The lowest BCUT2D eigenvalue weighted by molar-refractivity contribution is -0.139. The van der Waals surface area contributed by atoms with E-state index in [2.05, 4.69) is 5.32 Å². The van der Waals surface area contributed by atoms with Crippen LogP contribution < -0.4 is 5.32 Å². The van der Waals surface area contributed by atoms with E-state index >= 15 is 0 Å². The van der Waals surface area contributed by atoms with E-state index in [0.717, 1.165) is 0 Å². The lowest BCUT2D eigenvalue weighted by atomic mass is 10.2. The molecule has 4 heteroatoms. The van der Waals surface area contributed by atoms with Gasteiger partial charge in [-0.25, -0.2) is 0 Å². The van der Waals surface area contributed by atoms with Crippen LogP contribution in [-0.4, -0.2) is 29.9 Å². The maximum atomic E-state index is 10.3. The quantitative estimate of drug-likeness (QED) is 0.518. The van der Waals surface area contributed by atoms with Gasteiger partial charge in [0.2, 0.25) is 0 Å². The maximum absolute atomic E-state index is 10.3. The van der Waals surface area contributed by atoms with Crippen LogP contribution in [0.15, 0.2) is 0 Å². The number of carboxylic acids is 1. The molecule has 0 aromatic heterocycles.